The first-order chi connectivity index (χ1) is 5.08. The summed E-state index contributed by atoms with van der Waals surface area (Å²) in [5.74, 6) is 0.968. The van der Waals surface area contributed by atoms with Crippen molar-refractivity contribution in [1.82, 2.24) is 0 Å². The fraction of sp³-hybridized carbons (Fsp3) is 1.00. The normalized spacial score (nSPS) is 18.8. The highest BCUT2D eigenvalue weighted by molar-refractivity contribution is 4.73. The quantitative estimate of drug-likeness (QED) is 0.614. The summed E-state index contributed by atoms with van der Waals surface area (Å²) < 4.78 is 5.42. The van der Waals surface area contributed by atoms with Gasteiger partial charge in [0.2, 0.25) is 0 Å². The SMILES string of the molecule is CC(C)(N)COCCC1CC1. The van der Waals surface area contributed by atoms with E-state index in [1.54, 1.807) is 0 Å². The van der Waals surface area contributed by atoms with Crippen LogP contribution in [0.2, 0.25) is 0 Å². The van der Waals surface area contributed by atoms with Crippen molar-refractivity contribution in [2.24, 2.45) is 11.7 Å². The van der Waals surface area contributed by atoms with Crippen LogP contribution in [0.1, 0.15) is 33.1 Å². The maximum atomic E-state index is 5.74. The molecule has 1 aliphatic rings. The zero-order valence-electron chi connectivity index (χ0n) is 7.60. The molecule has 1 aliphatic carbocycles. The molecule has 0 aromatic rings. The average Bonchev–Trinajstić information content (AvgIpc) is 2.60. The van der Waals surface area contributed by atoms with Gasteiger partial charge in [0.15, 0.2) is 0 Å². The average molecular weight is 157 g/mol. The molecule has 0 unspecified atom stereocenters. The molecule has 0 heterocycles. The van der Waals surface area contributed by atoms with Gasteiger partial charge in [-0.1, -0.05) is 12.8 Å². The summed E-state index contributed by atoms with van der Waals surface area (Å²) in [5.41, 5.74) is 5.58. The van der Waals surface area contributed by atoms with Gasteiger partial charge >= 0.3 is 0 Å². The molecule has 0 aromatic carbocycles. The molecular weight excluding hydrogens is 138 g/mol. The van der Waals surface area contributed by atoms with Crippen molar-refractivity contribution >= 4 is 0 Å². The van der Waals surface area contributed by atoms with Crippen molar-refractivity contribution in [2.45, 2.75) is 38.6 Å². The third-order valence-electron chi connectivity index (χ3n) is 1.84. The standard InChI is InChI=1S/C9H19NO/c1-9(2,10)7-11-6-5-8-3-4-8/h8H,3-7,10H2,1-2H3. The van der Waals surface area contributed by atoms with Gasteiger partial charge in [-0.25, -0.2) is 0 Å². The second-order valence-corrected chi connectivity index (χ2v) is 4.27. The third-order valence-corrected chi connectivity index (χ3v) is 1.84. The fourth-order valence-electron chi connectivity index (χ4n) is 0.992. The fourth-order valence-corrected chi connectivity index (χ4v) is 0.992. The molecule has 1 rings (SSSR count). The lowest BCUT2D eigenvalue weighted by molar-refractivity contribution is 0.0926. The van der Waals surface area contributed by atoms with Gasteiger partial charge in [-0.05, 0) is 26.2 Å². The Morgan fingerprint density at radius 2 is 2.09 bits per heavy atom. The van der Waals surface area contributed by atoms with E-state index >= 15 is 0 Å². The minimum absolute atomic E-state index is 0.163. The molecule has 0 aliphatic heterocycles. The summed E-state index contributed by atoms with van der Waals surface area (Å²) in [6, 6.07) is 0. The van der Waals surface area contributed by atoms with Crippen molar-refractivity contribution in [1.29, 1.82) is 0 Å². The largest absolute Gasteiger partial charge is 0.380 e. The van der Waals surface area contributed by atoms with Crippen LogP contribution in [0.5, 0.6) is 0 Å². The van der Waals surface area contributed by atoms with Crippen LogP contribution in [0.3, 0.4) is 0 Å². The molecule has 0 bridgehead atoms. The lowest BCUT2D eigenvalue weighted by Gasteiger charge is -2.17. The third kappa shape index (κ3) is 5.22. The second kappa shape index (κ2) is 3.55. The van der Waals surface area contributed by atoms with Gasteiger partial charge in [-0.15, -0.1) is 0 Å². The molecule has 0 amide bonds. The van der Waals surface area contributed by atoms with E-state index in [1.165, 1.54) is 19.3 Å². The molecule has 66 valence electrons. The number of hydrogen-bond acceptors (Lipinski definition) is 2. The summed E-state index contributed by atoms with van der Waals surface area (Å²) in [6.45, 7) is 5.55. The van der Waals surface area contributed by atoms with Gasteiger partial charge in [0.25, 0.3) is 0 Å². The van der Waals surface area contributed by atoms with Crippen molar-refractivity contribution in [3.05, 3.63) is 0 Å². The lowest BCUT2D eigenvalue weighted by Crippen LogP contribution is -2.37. The van der Waals surface area contributed by atoms with E-state index < -0.39 is 0 Å². The summed E-state index contributed by atoms with van der Waals surface area (Å²) in [6.07, 6.45) is 4.06. The maximum absolute atomic E-state index is 5.74. The molecule has 0 spiro atoms. The van der Waals surface area contributed by atoms with Crippen molar-refractivity contribution in [3.63, 3.8) is 0 Å². The monoisotopic (exact) mass is 157 g/mol. The summed E-state index contributed by atoms with van der Waals surface area (Å²) >= 11 is 0. The van der Waals surface area contributed by atoms with Gasteiger partial charge in [-0.3, -0.25) is 0 Å². The van der Waals surface area contributed by atoms with E-state index in [9.17, 15) is 0 Å². The predicted octanol–water partition coefficient (Wildman–Crippen LogP) is 1.54. The second-order valence-electron chi connectivity index (χ2n) is 4.27. The first-order valence-corrected chi connectivity index (χ1v) is 4.44. The van der Waals surface area contributed by atoms with E-state index in [0.29, 0.717) is 6.61 Å². The number of ether oxygens (including phenoxy) is 1. The van der Waals surface area contributed by atoms with Gasteiger partial charge in [0.1, 0.15) is 0 Å². The van der Waals surface area contributed by atoms with Crippen molar-refractivity contribution < 1.29 is 4.74 Å². The lowest BCUT2D eigenvalue weighted by atomic mass is 10.1. The maximum Gasteiger partial charge on any atom is 0.0640 e. The minimum atomic E-state index is -0.163. The minimum Gasteiger partial charge on any atom is -0.380 e. The van der Waals surface area contributed by atoms with Crippen LogP contribution in [0.15, 0.2) is 0 Å². The summed E-state index contributed by atoms with van der Waals surface area (Å²) in [5, 5.41) is 0. The van der Waals surface area contributed by atoms with E-state index in [4.69, 9.17) is 10.5 Å². The Balaban J connectivity index is 1.87. The van der Waals surface area contributed by atoms with Gasteiger partial charge in [0, 0.05) is 12.1 Å². The van der Waals surface area contributed by atoms with Crippen molar-refractivity contribution in [3.8, 4) is 0 Å². The molecule has 0 radical (unpaired) electrons. The van der Waals surface area contributed by atoms with Crippen LogP contribution in [0, 0.1) is 5.92 Å². The van der Waals surface area contributed by atoms with Crippen LogP contribution in [-0.4, -0.2) is 18.8 Å². The van der Waals surface area contributed by atoms with E-state index in [-0.39, 0.29) is 5.54 Å². The molecule has 11 heavy (non-hydrogen) atoms. The molecule has 2 N–H and O–H groups in total. The first kappa shape index (κ1) is 9.01. The summed E-state index contributed by atoms with van der Waals surface area (Å²) in [7, 11) is 0. The van der Waals surface area contributed by atoms with Gasteiger partial charge < -0.3 is 10.5 Å². The highest BCUT2D eigenvalue weighted by Crippen LogP contribution is 2.32. The van der Waals surface area contributed by atoms with Crippen LogP contribution in [0.4, 0.5) is 0 Å². The molecule has 1 saturated carbocycles. The zero-order valence-corrected chi connectivity index (χ0v) is 7.60. The summed E-state index contributed by atoms with van der Waals surface area (Å²) in [4.78, 5) is 0. The Kier molecular flexibility index (Phi) is 2.90. The smallest absolute Gasteiger partial charge is 0.0640 e. The number of hydrogen-bond donors (Lipinski definition) is 1. The molecule has 1 fully saturated rings. The topological polar surface area (TPSA) is 35.2 Å². The van der Waals surface area contributed by atoms with Gasteiger partial charge in [-0.2, -0.15) is 0 Å². The van der Waals surface area contributed by atoms with Crippen LogP contribution in [-0.2, 0) is 4.74 Å². The Morgan fingerprint density at radius 1 is 1.45 bits per heavy atom. The first-order valence-electron chi connectivity index (χ1n) is 4.44. The van der Waals surface area contributed by atoms with Crippen LogP contribution >= 0.6 is 0 Å². The van der Waals surface area contributed by atoms with E-state index in [1.807, 2.05) is 13.8 Å². The van der Waals surface area contributed by atoms with E-state index in [0.717, 1.165) is 12.5 Å². The molecule has 0 aromatic heterocycles. The Morgan fingerprint density at radius 3 is 2.55 bits per heavy atom. The Hall–Kier alpha value is -0.0800. The predicted molar refractivity (Wildman–Crippen MR) is 46.4 cm³/mol. The number of rotatable bonds is 5. The van der Waals surface area contributed by atoms with Crippen LogP contribution in [0.25, 0.3) is 0 Å². The molecule has 0 saturated heterocycles. The Labute approximate surface area is 69.1 Å². The molecule has 2 nitrogen and oxygen atoms in total. The number of nitrogens with two attached hydrogens (primary N) is 1. The zero-order chi connectivity index (χ0) is 8.32. The van der Waals surface area contributed by atoms with Gasteiger partial charge in [0.05, 0.1) is 6.61 Å². The highest BCUT2D eigenvalue weighted by Gasteiger charge is 2.20. The van der Waals surface area contributed by atoms with E-state index in [2.05, 4.69) is 0 Å². The molecule has 0 atom stereocenters. The Bertz CT molecular complexity index is 113. The molecule has 2 heteroatoms. The molecular formula is C9H19NO. The highest BCUT2D eigenvalue weighted by atomic mass is 16.5. The van der Waals surface area contributed by atoms with Crippen molar-refractivity contribution in [2.75, 3.05) is 13.2 Å². The van der Waals surface area contributed by atoms with Crippen LogP contribution < -0.4 is 5.73 Å².